The molecule has 1 aliphatic carbocycles. The lowest BCUT2D eigenvalue weighted by atomic mass is 9.58. The Morgan fingerprint density at radius 2 is 1.81 bits per heavy atom. The van der Waals surface area contributed by atoms with Crippen LogP contribution in [0.3, 0.4) is 0 Å². The first-order valence-corrected chi connectivity index (χ1v) is 9.93. The molecule has 1 aliphatic rings. The SMILES string of the molecule is C=C[C@]1(C)C[C@H](OC(=O)C(=C)[C@H](O)COC(C)=O)[C@H](C(=C)C(=O)OC)[C@@H](O)[C@@H]1C(=C)CO. The van der Waals surface area contributed by atoms with Gasteiger partial charge in [0.05, 0.1) is 31.3 Å². The summed E-state index contributed by atoms with van der Waals surface area (Å²) in [6.07, 6.45) is -2.25. The molecule has 0 aliphatic heterocycles. The molecule has 1 fully saturated rings. The molecule has 0 radical (unpaired) electrons. The van der Waals surface area contributed by atoms with E-state index in [1.165, 1.54) is 0 Å². The Balaban J connectivity index is 3.28. The van der Waals surface area contributed by atoms with Crippen molar-refractivity contribution in [2.75, 3.05) is 20.3 Å². The van der Waals surface area contributed by atoms with E-state index >= 15 is 0 Å². The van der Waals surface area contributed by atoms with Crippen molar-refractivity contribution in [3.8, 4) is 0 Å². The molecule has 0 aromatic heterocycles. The van der Waals surface area contributed by atoms with Gasteiger partial charge in [-0.15, -0.1) is 6.58 Å². The molecule has 0 bridgehead atoms. The van der Waals surface area contributed by atoms with E-state index in [1.807, 2.05) is 0 Å². The lowest BCUT2D eigenvalue weighted by Gasteiger charge is -2.50. The van der Waals surface area contributed by atoms with Crippen LogP contribution in [0.2, 0.25) is 0 Å². The average Bonchev–Trinajstić information content (AvgIpc) is 2.75. The number of aliphatic hydroxyl groups excluding tert-OH is 3. The van der Waals surface area contributed by atoms with E-state index in [9.17, 15) is 29.7 Å². The average molecular weight is 453 g/mol. The van der Waals surface area contributed by atoms with Crippen molar-refractivity contribution in [3.63, 3.8) is 0 Å². The topological polar surface area (TPSA) is 140 Å². The Labute approximate surface area is 187 Å². The van der Waals surface area contributed by atoms with Gasteiger partial charge in [0.1, 0.15) is 18.8 Å². The second kappa shape index (κ2) is 11.2. The fraction of sp³-hybridized carbons (Fsp3) is 0.522. The molecular weight excluding hydrogens is 420 g/mol. The summed E-state index contributed by atoms with van der Waals surface area (Å²) in [6.45, 7) is 16.8. The third-order valence-electron chi connectivity index (χ3n) is 5.79. The van der Waals surface area contributed by atoms with Gasteiger partial charge in [0.15, 0.2) is 0 Å². The van der Waals surface area contributed by atoms with Gasteiger partial charge in [0, 0.05) is 18.4 Å². The number of carbonyl (C=O) groups is 3. The van der Waals surface area contributed by atoms with Crippen LogP contribution in [0.25, 0.3) is 0 Å². The molecule has 0 unspecified atom stereocenters. The van der Waals surface area contributed by atoms with Crippen LogP contribution in [0.1, 0.15) is 20.3 Å². The van der Waals surface area contributed by atoms with E-state index in [2.05, 4.69) is 31.1 Å². The van der Waals surface area contributed by atoms with Crippen molar-refractivity contribution in [1.29, 1.82) is 0 Å². The highest BCUT2D eigenvalue weighted by atomic mass is 16.6. The fourth-order valence-corrected chi connectivity index (χ4v) is 3.98. The normalized spacial score (nSPS) is 28.1. The molecule has 6 atom stereocenters. The minimum absolute atomic E-state index is 0.0942. The van der Waals surface area contributed by atoms with Crippen LogP contribution in [0.5, 0.6) is 0 Å². The number of carbonyl (C=O) groups excluding carboxylic acids is 3. The maximum Gasteiger partial charge on any atom is 0.336 e. The molecule has 178 valence electrons. The number of rotatable bonds is 10. The summed E-state index contributed by atoms with van der Waals surface area (Å²) in [5.74, 6) is -4.27. The summed E-state index contributed by atoms with van der Waals surface area (Å²) >= 11 is 0. The quantitative estimate of drug-likeness (QED) is 0.190. The van der Waals surface area contributed by atoms with Crippen molar-refractivity contribution in [3.05, 3.63) is 49.1 Å². The maximum absolute atomic E-state index is 12.6. The number of aliphatic hydroxyl groups is 3. The highest BCUT2D eigenvalue weighted by molar-refractivity contribution is 5.90. The Bertz CT molecular complexity index is 799. The van der Waals surface area contributed by atoms with Gasteiger partial charge in [-0.2, -0.15) is 0 Å². The van der Waals surface area contributed by atoms with Crippen LogP contribution in [0.15, 0.2) is 49.1 Å². The predicted molar refractivity (Wildman–Crippen MR) is 115 cm³/mol. The van der Waals surface area contributed by atoms with Crippen molar-refractivity contribution < 1.29 is 43.9 Å². The van der Waals surface area contributed by atoms with E-state index in [4.69, 9.17) is 9.47 Å². The Morgan fingerprint density at radius 3 is 2.28 bits per heavy atom. The Kier molecular flexibility index (Phi) is 9.56. The molecule has 32 heavy (non-hydrogen) atoms. The summed E-state index contributed by atoms with van der Waals surface area (Å²) in [5, 5.41) is 30.8. The van der Waals surface area contributed by atoms with E-state index < -0.39 is 66.7 Å². The number of hydrogen-bond acceptors (Lipinski definition) is 9. The molecule has 0 aromatic rings. The first kappa shape index (κ1) is 27.3. The van der Waals surface area contributed by atoms with Gasteiger partial charge in [-0.25, -0.2) is 9.59 Å². The summed E-state index contributed by atoms with van der Waals surface area (Å²) in [4.78, 5) is 35.8. The molecule has 1 saturated carbocycles. The van der Waals surface area contributed by atoms with Crippen LogP contribution < -0.4 is 0 Å². The fourth-order valence-electron chi connectivity index (χ4n) is 3.98. The van der Waals surface area contributed by atoms with Crippen LogP contribution in [-0.4, -0.2) is 71.9 Å². The molecule has 0 heterocycles. The van der Waals surface area contributed by atoms with Crippen molar-refractivity contribution in [2.45, 2.75) is 38.6 Å². The molecule has 9 nitrogen and oxygen atoms in total. The van der Waals surface area contributed by atoms with E-state index in [1.54, 1.807) is 13.0 Å². The number of allylic oxidation sites excluding steroid dienone is 1. The summed E-state index contributed by atoms with van der Waals surface area (Å²) < 4.78 is 14.9. The van der Waals surface area contributed by atoms with Crippen LogP contribution in [0.4, 0.5) is 0 Å². The number of hydrogen-bond donors (Lipinski definition) is 3. The first-order valence-electron chi connectivity index (χ1n) is 9.93. The molecule has 3 N–H and O–H groups in total. The number of ether oxygens (including phenoxy) is 3. The van der Waals surface area contributed by atoms with Gasteiger partial charge in [0.2, 0.25) is 0 Å². The van der Waals surface area contributed by atoms with Crippen molar-refractivity contribution in [2.24, 2.45) is 17.3 Å². The zero-order valence-electron chi connectivity index (χ0n) is 18.7. The molecule has 0 spiro atoms. The minimum Gasteiger partial charge on any atom is -0.466 e. The third-order valence-corrected chi connectivity index (χ3v) is 5.79. The van der Waals surface area contributed by atoms with Crippen LogP contribution >= 0.6 is 0 Å². The Morgan fingerprint density at radius 1 is 1.22 bits per heavy atom. The first-order chi connectivity index (χ1) is 14.8. The summed E-state index contributed by atoms with van der Waals surface area (Å²) in [7, 11) is 1.15. The molecule has 0 aromatic carbocycles. The van der Waals surface area contributed by atoms with Crippen LogP contribution in [-0.2, 0) is 28.6 Å². The highest BCUT2D eigenvalue weighted by Crippen LogP contribution is 2.50. The lowest BCUT2D eigenvalue weighted by Crippen LogP contribution is -2.54. The van der Waals surface area contributed by atoms with E-state index in [0.29, 0.717) is 5.57 Å². The van der Waals surface area contributed by atoms with Gasteiger partial charge in [-0.1, -0.05) is 32.7 Å². The van der Waals surface area contributed by atoms with Gasteiger partial charge < -0.3 is 29.5 Å². The standard InChI is InChI=1S/C23H32O9/c1-8-23(6)9-17(32-22(29)13(3)16(26)11-31-15(5)25)18(14(4)21(28)30-7)20(27)19(23)12(2)10-24/h8,16-20,24,26-27H,1-4,9-11H2,5-7H3/t16-,17+,18+,19+,20-,23-/m1/s1. The van der Waals surface area contributed by atoms with Crippen molar-refractivity contribution in [1.82, 2.24) is 0 Å². The Hall–Kier alpha value is -2.75. The molecule has 9 heteroatoms. The summed E-state index contributed by atoms with van der Waals surface area (Å²) in [5.41, 5.74) is -1.06. The van der Waals surface area contributed by atoms with Gasteiger partial charge in [0.25, 0.3) is 0 Å². The van der Waals surface area contributed by atoms with Gasteiger partial charge in [-0.05, 0) is 17.4 Å². The van der Waals surface area contributed by atoms with E-state index in [0.717, 1.165) is 14.0 Å². The second-order valence-electron chi connectivity index (χ2n) is 8.03. The van der Waals surface area contributed by atoms with Crippen molar-refractivity contribution >= 4 is 17.9 Å². The van der Waals surface area contributed by atoms with Crippen LogP contribution in [0, 0.1) is 17.3 Å². The monoisotopic (exact) mass is 452 g/mol. The molecular formula is C23H32O9. The highest BCUT2D eigenvalue weighted by Gasteiger charge is 2.53. The molecule has 1 rings (SSSR count). The molecule has 0 amide bonds. The summed E-state index contributed by atoms with van der Waals surface area (Å²) in [6, 6.07) is 0. The predicted octanol–water partition coefficient (Wildman–Crippen LogP) is 0.845. The number of esters is 3. The zero-order valence-corrected chi connectivity index (χ0v) is 18.7. The third kappa shape index (κ3) is 5.93. The smallest absolute Gasteiger partial charge is 0.336 e. The van der Waals surface area contributed by atoms with Gasteiger partial charge >= 0.3 is 17.9 Å². The largest absolute Gasteiger partial charge is 0.466 e. The minimum atomic E-state index is -1.50. The number of methoxy groups -OCH3 is 1. The molecule has 0 saturated heterocycles. The van der Waals surface area contributed by atoms with E-state index in [-0.39, 0.29) is 17.6 Å². The zero-order chi connectivity index (χ0) is 24.8. The maximum atomic E-state index is 12.6. The van der Waals surface area contributed by atoms with Gasteiger partial charge in [-0.3, -0.25) is 4.79 Å². The second-order valence-corrected chi connectivity index (χ2v) is 8.03. The lowest BCUT2D eigenvalue weighted by molar-refractivity contribution is -0.163.